The SMILES string of the molecule is Cc1cc(Nc2nc(NCc3ccc(F)cc3F)nc3c2cnn3C2CCN(C(=O)CCCCOc3ccc4c(c3)C(=O)N(C3CCC(=O)NC3=O)C4=O)CC2)n[nH]1. The van der Waals surface area contributed by atoms with E-state index in [2.05, 4.69) is 36.2 Å². The third-order valence-corrected chi connectivity index (χ3v) is 10.5. The van der Waals surface area contributed by atoms with Gasteiger partial charge in [0.2, 0.25) is 23.7 Å². The van der Waals surface area contributed by atoms with Crippen molar-refractivity contribution < 1.29 is 37.5 Å². The zero-order valence-corrected chi connectivity index (χ0v) is 31.4. The van der Waals surface area contributed by atoms with Crippen LogP contribution in [0.2, 0.25) is 0 Å². The number of amides is 5. The summed E-state index contributed by atoms with van der Waals surface area (Å²) in [5, 5.41) is 20.9. The highest BCUT2D eigenvalue weighted by Crippen LogP contribution is 2.32. The lowest BCUT2D eigenvalue weighted by molar-refractivity contribution is -0.136. The Morgan fingerprint density at radius 3 is 2.53 bits per heavy atom. The predicted molar refractivity (Wildman–Crippen MR) is 203 cm³/mol. The van der Waals surface area contributed by atoms with Crippen LogP contribution in [0.4, 0.5) is 26.4 Å². The van der Waals surface area contributed by atoms with Crippen molar-refractivity contribution in [3.05, 3.63) is 82.7 Å². The smallest absolute Gasteiger partial charge is 0.262 e. The average Bonchev–Trinajstić information content (AvgIpc) is 3.89. The molecule has 1 atom stereocenters. The number of ether oxygens (including phenoxy) is 1. The van der Waals surface area contributed by atoms with E-state index in [9.17, 15) is 32.8 Å². The van der Waals surface area contributed by atoms with E-state index in [1.54, 1.807) is 12.3 Å². The summed E-state index contributed by atoms with van der Waals surface area (Å²) in [6.45, 7) is 3.22. The molecule has 0 saturated carbocycles. The molecule has 3 aliphatic heterocycles. The van der Waals surface area contributed by atoms with Crippen molar-refractivity contribution in [2.75, 3.05) is 30.3 Å². The number of piperidine rings is 2. The van der Waals surface area contributed by atoms with Gasteiger partial charge >= 0.3 is 0 Å². The fourth-order valence-corrected chi connectivity index (χ4v) is 7.44. The molecule has 19 heteroatoms. The number of fused-ring (bicyclic) bond motifs is 2. The Morgan fingerprint density at radius 1 is 0.966 bits per heavy atom. The Morgan fingerprint density at radius 2 is 1.78 bits per heavy atom. The molecule has 3 aromatic heterocycles. The van der Waals surface area contributed by atoms with Crippen molar-refractivity contribution in [3.8, 4) is 5.75 Å². The zero-order valence-electron chi connectivity index (χ0n) is 31.4. The van der Waals surface area contributed by atoms with Crippen LogP contribution in [0, 0.1) is 18.6 Å². The summed E-state index contributed by atoms with van der Waals surface area (Å²) < 4.78 is 35.6. The minimum Gasteiger partial charge on any atom is -0.494 e. The summed E-state index contributed by atoms with van der Waals surface area (Å²) in [7, 11) is 0. The molecule has 2 aromatic carbocycles. The average molecular weight is 796 g/mol. The molecule has 2 fully saturated rings. The Kier molecular flexibility index (Phi) is 10.5. The Hall–Kier alpha value is -6.79. The van der Waals surface area contributed by atoms with E-state index in [0.29, 0.717) is 73.6 Å². The first kappa shape index (κ1) is 38.1. The van der Waals surface area contributed by atoms with E-state index in [1.807, 2.05) is 22.6 Å². The van der Waals surface area contributed by atoms with Crippen molar-refractivity contribution in [1.29, 1.82) is 0 Å². The molecule has 300 valence electrons. The number of aromatic nitrogens is 6. The van der Waals surface area contributed by atoms with Crippen LogP contribution in [0.15, 0.2) is 48.7 Å². The molecule has 6 heterocycles. The number of halogens is 2. The number of hydrogen-bond acceptors (Lipinski definition) is 12. The highest BCUT2D eigenvalue weighted by atomic mass is 19.1. The summed E-state index contributed by atoms with van der Waals surface area (Å²) in [6.07, 6.45) is 4.55. The van der Waals surface area contributed by atoms with E-state index in [-0.39, 0.29) is 60.6 Å². The van der Waals surface area contributed by atoms with Crippen molar-refractivity contribution in [2.45, 2.75) is 70.5 Å². The zero-order chi connectivity index (χ0) is 40.5. The van der Waals surface area contributed by atoms with E-state index in [4.69, 9.17) is 9.72 Å². The fourth-order valence-electron chi connectivity index (χ4n) is 7.44. The number of H-pyrrole nitrogens is 1. The van der Waals surface area contributed by atoms with Gasteiger partial charge in [0.05, 0.1) is 35.4 Å². The maximum atomic E-state index is 14.4. The second-order valence-electron chi connectivity index (χ2n) is 14.4. The number of imide groups is 2. The maximum Gasteiger partial charge on any atom is 0.262 e. The van der Waals surface area contributed by atoms with Gasteiger partial charge in [-0.3, -0.25) is 39.3 Å². The van der Waals surface area contributed by atoms with Crippen molar-refractivity contribution in [1.82, 2.24) is 45.1 Å². The second kappa shape index (κ2) is 16.0. The highest BCUT2D eigenvalue weighted by molar-refractivity contribution is 6.23. The molecule has 4 N–H and O–H groups in total. The van der Waals surface area contributed by atoms with Crippen molar-refractivity contribution in [3.63, 3.8) is 0 Å². The number of hydrogen-bond donors (Lipinski definition) is 4. The molecular weight excluding hydrogens is 756 g/mol. The first-order valence-corrected chi connectivity index (χ1v) is 19.0. The number of benzene rings is 2. The monoisotopic (exact) mass is 795 g/mol. The topological polar surface area (TPSA) is 209 Å². The molecule has 0 aliphatic carbocycles. The minimum atomic E-state index is -1.04. The number of carbonyl (C=O) groups is 5. The Bertz CT molecular complexity index is 2440. The number of nitrogens with zero attached hydrogens (tertiary/aromatic N) is 7. The molecule has 2 saturated heterocycles. The van der Waals surface area contributed by atoms with Crippen LogP contribution in [0.5, 0.6) is 5.75 Å². The molecule has 8 rings (SSSR count). The van der Waals surface area contributed by atoms with Gasteiger partial charge in [-0.05, 0) is 63.3 Å². The van der Waals surface area contributed by atoms with Crippen LogP contribution in [0.3, 0.4) is 0 Å². The van der Waals surface area contributed by atoms with Gasteiger partial charge in [0.25, 0.3) is 11.8 Å². The second-order valence-corrected chi connectivity index (χ2v) is 14.4. The number of aryl methyl sites for hydroxylation is 1. The third-order valence-electron chi connectivity index (χ3n) is 10.5. The molecule has 5 aromatic rings. The molecule has 3 aliphatic rings. The van der Waals surface area contributed by atoms with Crippen molar-refractivity contribution in [2.24, 2.45) is 0 Å². The number of unbranched alkanes of at least 4 members (excludes halogenated alkanes) is 1. The first-order chi connectivity index (χ1) is 28.0. The van der Waals surface area contributed by atoms with Gasteiger partial charge in [-0.15, -0.1) is 0 Å². The summed E-state index contributed by atoms with van der Waals surface area (Å²) in [6, 6.07) is 8.66. The number of aromatic amines is 1. The van der Waals surface area contributed by atoms with Crippen LogP contribution >= 0.6 is 0 Å². The molecular formula is C39H39F2N11O6. The van der Waals surface area contributed by atoms with Crippen LogP contribution in [-0.2, 0) is 20.9 Å². The van der Waals surface area contributed by atoms with E-state index in [0.717, 1.165) is 16.7 Å². The number of carbonyl (C=O) groups excluding carboxylic acids is 5. The summed E-state index contributed by atoms with van der Waals surface area (Å²) in [5.41, 5.74) is 1.95. The standard InChI is InChI=1S/C39H39F2N11O6/c1-21-16-31(49-48-21)44-34-28-20-43-52(35(28)47-39(46-34)42-19-22-5-6-23(40)17-29(22)41)24-11-13-50(14-12-24)33(54)4-2-3-15-58-25-7-8-26-27(18-25)38(57)51(37(26)56)30-9-10-32(53)45-36(30)55/h5-8,16-18,20,24,30H,2-4,9-15,19H2,1H3,(H,45,53,55)(H3,42,44,46,47,48,49). The minimum absolute atomic E-state index is 0.0174. The van der Waals surface area contributed by atoms with Crippen molar-refractivity contribution >= 4 is 58.2 Å². The van der Waals surface area contributed by atoms with E-state index < -0.39 is 41.3 Å². The number of rotatable bonds is 13. The number of anilines is 3. The quantitative estimate of drug-likeness (QED) is 0.0972. The maximum absolute atomic E-state index is 14.4. The summed E-state index contributed by atoms with van der Waals surface area (Å²) in [4.78, 5) is 75.2. The Labute approximate surface area is 329 Å². The lowest BCUT2D eigenvalue weighted by Crippen LogP contribution is -2.54. The van der Waals surface area contributed by atoms with E-state index >= 15 is 0 Å². The predicted octanol–water partition coefficient (Wildman–Crippen LogP) is 4.31. The van der Waals surface area contributed by atoms with Gasteiger partial charge in [-0.2, -0.15) is 20.2 Å². The summed E-state index contributed by atoms with van der Waals surface area (Å²) in [5.74, 6) is -2.05. The van der Waals surface area contributed by atoms with Gasteiger partial charge in [-0.25, -0.2) is 13.5 Å². The number of likely N-dealkylation sites (tertiary alicyclic amines) is 1. The molecule has 1 unspecified atom stereocenters. The molecule has 58 heavy (non-hydrogen) atoms. The molecule has 0 bridgehead atoms. The first-order valence-electron chi connectivity index (χ1n) is 19.0. The molecule has 17 nitrogen and oxygen atoms in total. The van der Waals surface area contributed by atoms with Crippen LogP contribution in [-0.4, -0.2) is 95.0 Å². The van der Waals surface area contributed by atoms with Crippen LogP contribution in [0.1, 0.15) is 83.0 Å². The normalized spacial score (nSPS) is 17.2. The van der Waals surface area contributed by atoms with Gasteiger partial charge in [0.1, 0.15) is 29.2 Å². The lowest BCUT2D eigenvalue weighted by atomic mass is 10.0. The van der Waals surface area contributed by atoms with Crippen LogP contribution in [0.25, 0.3) is 11.0 Å². The molecule has 5 amide bonds. The third kappa shape index (κ3) is 7.78. The van der Waals surface area contributed by atoms with Gasteiger partial charge < -0.3 is 20.3 Å². The van der Waals surface area contributed by atoms with E-state index in [1.165, 1.54) is 24.3 Å². The fraction of sp³-hybridized carbons (Fsp3) is 0.359. The largest absolute Gasteiger partial charge is 0.494 e. The Balaban J connectivity index is 0.843. The molecule has 0 radical (unpaired) electrons. The molecule has 0 spiro atoms. The van der Waals surface area contributed by atoms with Gasteiger partial charge in [0.15, 0.2) is 11.5 Å². The summed E-state index contributed by atoms with van der Waals surface area (Å²) >= 11 is 0. The van der Waals surface area contributed by atoms with Gasteiger partial charge in [0, 0.05) is 55.9 Å². The highest BCUT2D eigenvalue weighted by Gasteiger charge is 2.44. The lowest BCUT2D eigenvalue weighted by Gasteiger charge is -2.32. The van der Waals surface area contributed by atoms with Crippen LogP contribution < -0.4 is 20.7 Å². The van der Waals surface area contributed by atoms with Gasteiger partial charge in [-0.1, -0.05) is 6.07 Å². The number of nitrogens with one attached hydrogen (secondary N) is 4.